The first kappa shape index (κ1) is 27.9. The molecule has 0 aliphatic rings. The van der Waals surface area contributed by atoms with E-state index in [9.17, 15) is 14.4 Å². The lowest BCUT2D eigenvalue weighted by Crippen LogP contribution is -2.51. The summed E-state index contributed by atoms with van der Waals surface area (Å²) in [7, 11) is 0. The smallest absolute Gasteiger partial charge is 0.407 e. The van der Waals surface area contributed by atoms with Crippen LogP contribution in [-0.2, 0) is 23.8 Å². The first-order chi connectivity index (χ1) is 13.7. The quantitative estimate of drug-likeness (QED) is 0.246. The number of nitrogens with one attached hydrogen (secondary N) is 2. The van der Waals surface area contributed by atoms with Gasteiger partial charge in [0, 0.05) is 6.54 Å². The van der Waals surface area contributed by atoms with Crippen LogP contribution in [0.1, 0.15) is 60.8 Å². The van der Waals surface area contributed by atoms with E-state index in [-0.39, 0.29) is 13.2 Å². The number of hydrogen-bond acceptors (Lipinski definition) is 7. The molecule has 0 spiro atoms. The Hall–Kier alpha value is -2.13. The number of ether oxygens (including phenoxy) is 3. The summed E-state index contributed by atoms with van der Waals surface area (Å²) in [5.41, 5.74) is 4.87. The van der Waals surface area contributed by atoms with Gasteiger partial charge in [-0.1, -0.05) is 12.7 Å². The van der Waals surface area contributed by atoms with Crippen molar-refractivity contribution in [3.05, 3.63) is 12.7 Å². The van der Waals surface area contributed by atoms with Crippen LogP contribution in [0, 0.1) is 0 Å². The number of rotatable bonds is 12. The van der Waals surface area contributed by atoms with E-state index >= 15 is 0 Å². The van der Waals surface area contributed by atoms with Gasteiger partial charge in [0.15, 0.2) is 0 Å². The van der Waals surface area contributed by atoms with Crippen molar-refractivity contribution in [3.8, 4) is 0 Å². The van der Waals surface area contributed by atoms with Crippen molar-refractivity contribution >= 4 is 18.0 Å². The van der Waals surface area contributed by atoms with E-state index in [1.807, 2.05) is 20.8 Å². The number of amides is 2. The molecule has 0 saturated heterocycles. The lowest BCUT2D eigenvalue weighted by Gasteiger charge is -2.23. The molecule has 0 aromatic heterocycles. The summed E-state index contributed by atoms with van der Waals surface area (Å²) >= 11 is 0. The number of carbonyl (C=O) groups excluding carboxylic acids is 3. The Kier molecular flexibility index (Phi) is 12.3. The van der Waals surface area contributed by atoms with Gasteiger partial charge in [-0.3, -0.25) is 4.79 Å². The second-order valence-electron chi connectivity index (χ2n) is 8.93. The maximum atomic E-state index is 12.3. The fourth-order valence-electron chi connectivity index (χ4n) is 2.16. The molecule has 0 aromatic rings. The number of hydrogen-bond donors (Lipinski definition) is 3. The first-order valence-electron chi connectivity index (χ1n) is 10.2. The Balaban J connectivity index is 4.57. The van der Waals surface area contributed by atoms with E-state index in [1.54, 1.807) is 20.8 Å². The van der Waals surface area contributed by atoms with E-state index in [4.69, 9.17) is 19.9 Å². The van der Waals surface area contributed by atoms with Gasteiger partial charge >= 0.3 is 12.1 Å². The van der Waals surface area contributed by atoms with Crippen LogP contribution in [-0.4, -0.2) is 61.0 Å². The number of nitrogens with two attached hydrogens (primary N) is 1. The van der Waals surface area contributed by atoms with Crippen molar-refractivity contribution in [2.75, 3.05) is 19.8 Å². The fraction of sp³-hybridized carbons (Fsp3) is 0.762. The molecule has 0 rings (SSSR count). The number of alkyl carbamates (subject to hydrolysis) is 1. The minimum atomic E-state index is -0.909. The van der Waals surface area contributed by atoms with Gasteiger partial charge < -0.3 is 30.6 Å². The van der Waals surface area contributed by atoms with Crippen LogP contribution in [0.5, 0.6) is 0 Å². The summed E-state index contributed by atoms with van der Waals surface area (Å²) in [6.45, 7) is 14.9. The third-order valence-electron chi connectivity index (χ3n) is 3.56. The van der Waals surface area contributed by atoms with Crippen LogP contribution in [0.3, 0.4) is 0 Å². The standard InChI is InChI=1S/C21H39N3O6/c1-8-13-28-18(26)16(24-17(25)15(22)14-29-20(2,3)4)11-9-10-12-23-19(27)30-21(5,6)7/h8,15-16H,1,9-14,22H2,2-7H3,(H,23,27)(H,24,25)/t15-,16-/m0/s1. The van der Waals surface area contributed by atoms with E-state index in [1.165, 1.54) is 6.08 Å². The van der Waals surface area contributed by atoms with Gasteiger partial charge in [0.2, 0.25) is 5.91 Å². The topological polar surface area (TPSA) is 129 Å². The zero-order chi connectivity index (χ0) is 23.4. The minimum Gasteiger partial charge on any atom is -0.460 e. The summed E-state index contributed by atoms with van der Waals surface area (Å²) < 4.78 is 15.7. The third kappa shape index (κ3) is 14.8. The Morgan fingerprint density at radius 2 is 1.70 bits per heavy atom. The Labute approximate surface area is 180 Å². The Morgan fingerprint density at radius 1 is 1.07 bits per heavy atom. The molecule has 2 atom stereocenters. The maximum absolute atomic E-state index is 12.3. The van der Waals surface area contributed by atoms with Gasteiger partial charge in [-0.15, -0.1) is 0 Å². The monoisotopic (exact) mass is 429 g/mol. The van der Waals surface area contributed by atoms with Crippen molar-refractivity contribution < 1.29 is 28.6 Å². The molecule has 9 heteroatoms. The van der Waals surface area contributed by atoms with Gasteiger partial charge in [-0.25, -0.2) is 9.59 Å². The Morgan fingerprint density at radius 3 is 2.23 bits per heavy atom. The van der Waals surface area contributed by atoms with E-state index < -0.39 is 41.3 Å². The molecule has 0 unspecified atom stereocenters. The molecule has 4 N–H and O–H groups in total. The molecule has 0 aromatic carbocycles. The van der Waals surface area contributed by atoms with Gasteiger partial charge in [0.1, 0.15) is 24.3 Å². The van der Waals surface area contributed by atoms with Crippen molar-refractivity contribution in [2.24, 2.45) is 5.73 Å². The van der Waals surface area contributed by atoms with Crippen LogP contribution < -0.4 is 16.4 Å². The molecule has 0 saturated carbocycles. The van der Waals surface area contributed by atoms with E-state index in [0.717, 1.165) is 0 Å². The number of unbranched alkanes of at least 4 members (excludes halogenated alkanes) is 1. The molecule has 0 fully saturated rings. The summed E-state index contributed by atoms with van der Waals surface area (Å²) in [6, 6.07) is -1.76. The highest BCUT2D eigenvalue weighted by atomic mass is 16.6. The summed E-state index contributed by atoms with van der Waals surface area (Å²) in [5.74, 6) is -1.06. The molecule has 174 valence electrons. The summed E-state index contributed by atoms with van der Waals surface area (Å²) in [4.78, 5) is 36.2. The average Bonchev–Trinajstić information content (AvgIpc) is 2.60. The fourth-order valence-corrected chi connectivity index (χ4v) is 2.16. The number of esters is 1. The van der Waals surface area contributed by atoms with Crippen LogP contribution in [0.2, 0.25) is 0 Å². The van der Waals surface area contributed by atoms with Crippen molar-refractivity contribution in [1.29, 1.82) is 0 Å². The highest BCUT2D eigenvalue weighted by Gasteiger charge is 2.25. The van der Waals surface area contributed by atoms with Gasteiger partial charge in [0.25, 0.3) is 0 Å². The molecular weight excluding hydrogens is 390 g/mol. The second-order valence-corrected chi connectivity index (χ2v) is 8.93. The van der Waals surface area contributed by atoms with E-state index in [0.29, 0.717) is 25.8 Å². The van der Waals surface area contributed by atoms with Crippen molar-refractivity contribution in [1.82, 2.24) is 10.6 Å². The summed E-state index contributed by atoms with van der Waals surface area (Å²) in [5, 5.41) is 5.28. The molecule has 0 aliphatic heterocycles. The predicted molar refractivity (Wildman–Crippen MR) is 115 cm³/mol. The highest BCUT2D eigenvalue weighted by molar-refractivity contribution is 5.87. The Bertz CT molecular complexity index is 566. The average molecular weight is 430 g/mol. The molecular formula is C21H39N3O6. The molecule has 9 nitrogen and oxygen atoms in total. The minimum absolute atomic E-state index is 0.0313. The molecule has 2 amide bonds. The largest absolute Gasteiger partial charge is 0.460 e. The molecule has 0 aliphatic carbocycles. The molecule has 0 bridgehead atoms. The normalized spacial score (nSPS) is 13.7. The summed E-state index contributed by atoms with van der Waals surface area (Å²) in [6.07, 6.45) is 2.45. The van der Waals surface area contributed by atoms with Gasteiger partial charge in [0.05, 0.1) is 12.2 Å². The predicted octanol–water partition coefficient (Wildman–Crippen LogP) is 2.04. The number of carbonyl (C=O) groups is 3. The van der Waals surface area contributed by atoms with Crippen LogP contribution in [0.25, 0.3) is 0 Å². The van der Waals surface area contributed by atoms with E-state index in [2.05, 4.69) is 17.2 Å². The van der Waals surface area contributed by atoms with Crippen molar-refractivity contribution in [2.45, 2.75) is 84.1 Å². The lowest BCUT2D eigenvalue weighted by molar-refractivity contribution is -0.147. The van der Waals surface area contributed by atoms with Gasteiger partial charge in [-0.2, -0.15) is 0 Å². The third-order valence-corrected chi connectivity index (χ3v) is 3.56. The zero-order valence-electron chi connectivity index (χ0n) is 19.2. The van der Waals surface area contributed by atoms with Crippen LogP contribution >= 0.6 is 0 Å². The van der Waals surface area contributed by atoms with Crippen LogP contribution in [0.15, 0.2) is 12.7 Å². The van der Waals surface area contributed by atoms with Crippen molar-refractivity contribution in [3.63, 3.8) is 0 Å². The lowest BCUT2D eigenvalue weighted by atomic mass is 10.1. The maximum Gasteiger partial charge on any atom is 0.407 e. The van der Waals surface area contributed by atoms with Crippen LogP contribution in [0.4, 0.5) is 4.79 Å². The zero-order valence-corrected chi connectivity index (χ0v) is 19.2. The molecule has 30 heavy (non-hydrogen) atoms. The second kappa shape index (κ2) is 13.2. The highest BCUT2D eigenvalue weighted by Crippen LogP contribution is 2.09. The van der Waals surface area contributed by atoms with Gasteiger partial charge in [-0.05, 0) is 60.8 Å². The first-order valence-corrected chi connectivity index (χ1v) is 10.2. The molecule has 0 radical (unpaired) electrons. The molecule has 0 heterocycles. The SMILES string of the molecule is C=CCOC(=O)[C@H](CCCCNC(=O)OC(C)(C)C)NC(=O)[C@@H](N)COC(C)(C)C.